The van der Waals surface area contributed by atoms with Crippen molar-refractivity contribution in [1.29, 1.82) is 0 Å². The van der Waals surface area contributed by atoms with Gasteiger partial charge in [0.25, 0.3) is 0 Å². The molecule has 7 nitrogen and oxygen atoms in total. The maximum Gasteiger partial charge on any atom is 0.0507 e. The quantitative estimate of drug-likeness (QED) is 0.340. The number of hydrogen-bond donors (Lipinski definition) is 6. The van der Waals surface area contributed by atoms with Crippen LogP contribution in [-0.4, -0.2) is 83.3 Å². The third-order valence-corrected chi connectivity index (χ3v) is 5.41. The summed E-state index contributed by atoms with van der Waals surface area (Å²) in [6.45, 7) is 20.3. The SMILES string of the molecule is CC1CNC[N@]2CNCC(C)CNC[C@](C)(CNC1)CNCC(C)NC2. The third kappa shape index (κ3) is 8.61. The van der Waals surface area contributed by atoms with Crippen molar-refractivity contribution in [2.45, 2.75) is 33.7 Å². The van der Waals surface area contributed by atoms with Gasteiger partial charge in [0.1, 0.15) is 0 Å². The molecule has 0 aromatic heterocycles. The van der Waals surface area contributed by atoms with Crippen molar-refractivity contribution < 1.29 is 0 Å². The first-order valence-corrected chi connectivity index (χ1v) is 10.5. The Hall–Kier alpha value is -0.280. The molecular formula is C19H43N7. The minimum absolute atomic E-state index is 0.215. The normalized spacial score (nSPS) is 40.2. The fourth-order valence-corrected chi connectivity index (χ4v) is 3.63. The fraction of sp³-hybridized carbons (Fsp3) is 1.00. The van der Waals surface area contributed by atoms with Crippen LogP contribution in [0.15, 0.2) is 0 Å². The first kappa shape index (κ1) is 22.0. The van der Waals surface area contributed by atoms with Crippen molar-refractivity contribution in [3.63, 3.8) is 0 Å². The summed E-state index contributed by atoms with van der Waals surface area (Å²) in [5.41, 5.74) is 0.215. The van der Waals surface area contributed by atoms with Crippen LogP contribution >= 0.6 is 0 Å². The Morgan fingerprint density at radius 2 is 1.12 bits per heavy atom. The summed E-state index contributed by atoms with van der Waals surface area (Å²) in [5.74, 6) is 1.25. The summed E-state index contributed by atoms with van der Waals surface area (Å²) >= 11 is 0. The highest BCUT2D eigenvalue weighted by Crippen LogP contribution is 2.13. The van der Waals surface area contributed by atoms with Crippen LogP contribution in [-0.2, 0) is 0 Å². The minimum atomic E-state index is 0.215. The molecule has 2 heterocycles. The lowest BCUT2D eigenvalue weighted by atomic mass is 9.89. The molecule has 0 amide bonds. The average Bonchev–Trinajstić information content (AvgIpc) is 2.58. The van der Waals surface area contributed by atoms with Gasteiger partial charge in [-0.25, -0.2) is 0 Å². The highest BCUT2D eigenvalue weighted by Gasteiger charge is 2.24. The van der Waals surface area contributed by atoms with Gasteiger partial charge in [-0.2, -0.15) is 0 Å². The van der Waals surface area contributed by atoms with Crippen molar-refractivity contribution in [2.75, 3.05) is 72.4 Å². The van der Waals surface area contributed by atoms with Gasteiger partial charge in [-0.1, -0.05) is 20.8 Å². The lowest BCUT2D eigenvalue weighted by Gasteiger charge is -2.32. The summed E-state index contributed by atoms with van der Waals surface area (Å²) in [6, 6.07) is 0.454. The largest absolute Gasteiger partial charge is 0.316 e. The van der Waals surface area contributed by atoms with E-state index in [-0.39, 0.29) is 5.41 Å². The maximum absolute atomic E-state index is 3.72. The molecule has 2 aliphatic rings. The van der Waals surface area contributed by atoms with Gasteiger partial charge in [0.15, 0.2) is 0 Å². The molecule has 2 rings (SSSR count). The average molecular weight is 370 g/mol. The first-order chi connectivity index (χ1) is 12.5. The van der Waals surface area contributed by atoms with E-state index >= 15 is 0 Å². The number of fused-ring (bicyclic) bond motifs is 7. The van der Waals surface area contributed by atoms with Crippen molar-refractivity contribution in [2.24, 2.45) is 17.3 Å². The third-order valence-electron chi connectivity index (χ3n) is 5.41. The van der Waals surface area contributed by atoms with Crippen LogP contribution in [0.2, 0.25) is 0 Å². The van der Waals surface area contributed by atoms with Crippen LogP contribution in [0.4, 0.5) is 0 Å². The van der Waals surface area contributed by atoms with Gasteiger partial charge in [-0.3, -0.25) is 4.90 Å². The second-order valence-corrected chi connectivity index (χ2v) is 9.07. The number of nitrogens with one attached hydrogen (secondary N) is 6. The Kier molecular flexibility index (Phi) is 9.77. The molecule has 3 atom stereocenters. The van der Waals surface area contributed by atoms with Crippen LogP contribution in [0.5, 0.6) is 0 Å². The number of rotatable bonds is 0. The summed E-state index contributed by atoms with van der Waals surface area (Å²) in [7, 11) is 0. The molecule has 2 saturated heterocycles. The Labute approximate surface area is 160 Å². The molecule has 0 aromatic rings. The van der Waals surface area contributed by atoms with Gasteiger partial charge in [0.2, 0.25) is 0 Å². The van der Waals surface area contributed by atoms with E-state index in [1.807, 2.05) is 0 Å². The highest BCUT2D eigenvalue weighted by molar-refractivity contribution is 4.84. The molecule has 0 aliphatic carbocycles. The molecule has 154 valence electrons. The first-order valence-electron chi connectivity index (χ1n) is 10.5. The second kappa shape index (κ2) is 11.5. The topological polar surface area (TPSA) is 75.4 Å². The van der Waals surface area contributed by atoms with Crippen molar-refractivity contribution in [1.82, 2.24) is 36.8 Å². The molecule has 26 heavy (non-hydrogen) atoms. The fourth-order valence-electron chi connectivity index (χ4n) is 3.63. The van der Waals surface area contributed by atoms with Gasteiger partial charge in [0.05, 0.1) is 20.0 Å². The Morgan fingerprint density at radius 3 is 1.65 bits per heavy atom. The predicted octanol–water partition coefficient (Wildman–Crippen LogP) is -0.607. The molecular weight excluding hydrogens is 326 g/mol. The van der Waals surface area contributed by atoms with Crippen LogP contribution < -0.4 is 31.9 Å². The van der Waals surface area contributed by atoms with Crippen LogP contribution in [0, 0.1) is 17.3 Å². The molecule has 0 saturated carbocycles. The van der Waals surface area contributed by atoms with E-state index in [2.05, 4.69) is 64.5 Å². The zero-order chi connectivity index (χ0) is 18.8. The molecule has 2 aliphatic heterocycles. The summed E-state index contributed by atoms with van der Waals surface area (Å²) < 4.78 is 0. The minimum Gasteiger partial charge on any atom is -0.316 e. The molecule has 2 bridgehead atoms. The van der Waals surface area contributed by atoms with E-state index < -0.39 is 0 Å². The van der Waals surface area contributed by atoms with Crippen LogP contribution in [0.25, 0.3) is 0 Å². The predicted molar refractivity (Wildman–Crippen MR) is 110 cm³/mol. The summed E-state index contributed by atoms with van der Waals surface area (Å²) in [6.07, 6.45) is 0. The van der Waals surface area contributed by atoms with E-state index in [1.165, 1.54) is 0 Å². The van der Waals surface area contributed by atoms with Crippen molar-refractivity contribution in [3.05, 3.63) is 0 Å². The van der Waals surface area contributed by atoms with Gasteiger partial charge < -0.3 is 31.9 Å². The van der Waals surface area contributed by atoms with E-state index in [1.54, 1.807) is 0 Å². The lowest BCUT2D eigenvalue weighted by molar-refractivity contribution is 0.201. The summed E-state index contributed by atoms with van der Waals surface area (Å²) in [4.78, 5) is 2.42. The molecule has 0 aromatic carbocycles. The number of nitrogens with zero attached hydrogens (tertiary/aromatic N) is 1. The number of hydrogen-bond acceptors (Lipinski definition) is 7. The molecule has 3 unspecified atom stereocenters. The monoisotopic (exact) mass is 369 g/mol. The molecule has 2 fully saturated rings. The Morgan fingerprint density at radius 1 is 0.654 bits per heavy atom. The molecule has 6 N–H and O–H groups in total. The molecule has 0 spiro atoms. The maximum atomic E-state index is 3.72. The highest BCUT2D eigenvalue weighted by atomic mass is 15.3. The smallest absolute Gasteiger partial charge is 0.0507 e. The Bertz CT molecular complexity index is 357. The second-order valence-electron chi connectivity index (χ2n) is 9.07. The summed E-state index contributed by atoms with van der Waals surface area (Å²) in [5, 5.41) is 22.1. The van der Waals surface area contributed by atoms with E-state index in [0.29, 0.717) is 17.9 Å². The van der Waals surface area contributed by atoms with Crippen LogP contribution in [0.3, 0.4) is 0 Å². The van der Waals surface area contributed by atoms with Crippen LogP contribution in [0.1, 0.15) is 27.7 Å². The molecule has 0 radical (unpaired) electrons. The van der Waals surface area contributed by atoms with Crippen molar-refractivity contribution in [3.8, 4) is 0 Å². The zero-order valence-electron chi connectivity index (χ0n) is 17.5. The lowest BCUT2D eigenvalue weighted by Crippen LogP contribution is -2.50. The Balaban J connectivity index is 2.09. The van der Waals surface area contributed by atoms with Crippen molar-refractivity contribution >= 4 is 0 Å². The molecule has 7 heteroatoms. The van der Waals surface area contributed by atoms with E-state index in [9.17, 15) is 0 Å². The standard InChI is InChI=1S/C19H43N7/c1-16-5-20-10-19(4)11-21-6-17(2)8-24-14-26(13-23-7-16)15-25-18(3)9-22-12-19/h16-18,20-25H,5-15H2,1-4H3. The van der Waals surface area contributed by atoms with Gasteiger partial charge in [-0.15, -0.1) is 0 Å². The van der Waals surface area contributed by atoms with E-state index in [0.717, 1.165) is 72.4 Å². The van der Waals surface area contributed by atoms with Gasteiger partial charge in [0, 0.05) is 50.7 Å². The van der Waals surface area contributed by atoms with E-state index in [4.69, 9.17) is 0 Å². The van der Waals surface area contributed by atoms with Gasteiger partial charge in [-0.05, 0) is 31.8 Å². The van der Waals surface area contributed by atoms with Gasteiger partial charge >= 0.3 is 0 Å². The zero-order valence-corrected chi connectivity index (χ0v) is 17.5.